The number of carboxylic acids is 2. The molecule has 1 unspecified atom stereocenters. The van der Waals surface area contributed by atoms with E-state index in [1.807, 2.05) is 0 Å². The number of hydrogen-bond acceptors (Lipinski definition) is 22. The van der Waals surface area contributed by atoms with E-state index >= 15 is 14.4 Å². The van der Waals surface area contributed by atoms with Crippen molar-refractivity contribution in [2.24, 2.45) is 88.0 Å². The Morgan fingerprint density at radius 1 is 0.583 bits per heavy atom. The number of aliphatic carboxylic acids is 2. The molecule has 0 radical (unpaired) electrons. The van der Waals surface area contributed by atoms with Crippen LogP contribution in [-0.2, 0) is 70.4 Å². The van der Waals surface area contributed by atoms with E-state index in [9.17, 15) is 53.4 Å². The molecule has 2 fully saturated rings. The molecule has 2 aliphatic rings. The van der Waals surface area contributed by atoms with Gasteiger partial charge in [-0.2, -0.15) is 0 Å². The van der Waals surface area contributed by atoms with Gasteiger partial charge < -0.3 is 136 Å². The molecule has 1 spiro atoms. The number of aromatic amines is 1. The number of aromatic nitrogens is 2. The second-order valence-electron chi connectivity index (χ2n) is 25.3. The lowest BCUT2D eigenvalue weighted by atomic mass is 9.82. The zero-order chi connectivity index (χ0) is 79.9. The Hall–Kier alpha value is -11.1. The monoisotopic (exact) mass is 1560 g/mol. The van der Waals surface area contributed by atoms with Crippen molar-refractivity contribution in [1.82, 2.24) is 63.1 Å². The van der Waals surface area contributed by atoms with Gasteiger partial charge in [0.2, 0.25) is 59.1 Å². The van der Waals surface area contributed by atoms with Crippen LogP contribution in [0.5, 0.6) is 5.75 Å². The van der Waals surface area contributed by atoms with Crippen molar-refractivity contribution in [2.75, 3.05) is 52.1 Å². The normalized spacial score (nSPS) is 21.4. The van der Waals surface area contributed by atoms with Gasteiger partial charge in [-0.1, -0.05) is 53.0 Å². The van der Waals surface area contributed by atoms with Crippen molar-refractivity contribution in [2.45, 2.75) is 181 Å². The third-order valence-electron chi connectivity index (χ3n) is 16.8. The zero-order valence-electron chi connectivity index (χ0n) is 60.0. The average Bonchev–Trinajstić information content (AvgIpc) is 0.874. The molecule has 1 aromatic carbocycles. The predicted octanol–water partition coefficient (Wildman–Crippen LogP) is -8.06. The summed E-state index contributed by atoms with van der Waals surface area (Å²) in [4.78, 5) is 200. The Morgan fingerprint density at radius 3 is 1.54 bits per heavy atom. The number of benzene rings is 1. The first-order chi connectivity index (χ1) is 51.3. The molecular formula is C63H104N28O15S2. The highest BCUT2D eigenvalue weighted by Gasteiger charge is 2.48. The molecule has 1 saturated heterocycles. The molecule has 2 aromatic rings. The molecule has 598 valence electrons. The fraction of sp³-hybridized carbons (Fsp3) is 0.587. The molecule has 0 bridgehead atoms. The fourth-order valence-electron chi connectivity index (χ4n) is 11.2. The lowest BCUT2D eigenvalue weighted by Crippen LogP contribution is -2.64. The molecule has 1 aliphatic carbocycles. The molecule has 45 heteroatoms. The standard InChI is InChI=1S/C63H104N28O15S2/c1-106-35-17-15-33(16-18-35)26-41-52(99)85-38(12-7-23-78-60(69)70)51(98)90-44(55(102)87-40(57(104)105)14-9-25-80-62(73)74)31-107-108-63(19-3-2-4-20-63)47(91-48(95)36(64)10-5-21-76-58(65)66)56(103)86-39(13-8-24-79-61(71)72)50(97)89-42(27-34-29-75-32-82-34)53(100)84-37(11-6-22-77-59(67)68)49(96)81-30-45(92)83-43(28-46(93)94)54(101)88-41/h15-18,29,32,36-44,47H,2-14,19-28,30-31,64H2,1H3,(H,75,82)(H,81,96)(H,83,92)(H,84,100)(H,85,99)(H,86,103)(H,87,102)(H,88,101)(H,89,97)(H,90,98)(H,91,95)(H,93,94)(H,104,105)(H4,65,66,76)(H4,67,68,77)(H4,69,70,78)(H4,71,72,79)(H4,73,74,80)/t36-,37-,38-,39-,40-,41-,42-,43-,44-,47?/m0/s1. The summed E-state index contributed by atoms with van der Waals surface area (Å²) in [5, 5.41) is 46.3. The number of amides is 10. The Morgan fingerprint density at radius 2 is 1.05 bits per heavy atom. The summed E-state index contributed by atoms with van der Waals surface area (Å²) in [7, 11) is 3.35. The number of ether oxygens (including phenoxy) is 1. The molecule has 10 amide bonds. The first-order valence-electron chi connectivity index (χ1n) is 34.7. The van der Waals surface area contributed by atoms with E-state index in [4.69, 9.17) is 67.8 Å². The first-order valence-corrected chi connectivity index (χ1v) is 37.0. The number of hydrogen-bond donors (Lipinski definition) is 24. The number of guanidine groups is 5. The first kappa shape index (κ1) is 89.3. The van der Waals surface area contributed by atoms with Gasteiger partial charge in [0.1, 0.15) is 60.1 Å². The van der Waals surface area contributed by atoms with Crippen LogP contribution in [0.4, 0.5) is 0 Å². The number of methoxy groups -OCH3 is 1. The van der Waals surface area contributed by atoms with Crippen LogP contribution in [0.2, 0.25) is 0 Å². The summed E-state index contributed by atoms with van der Waals surface area (Å²) in [6.07, 6.45) is 1.91. The van der Waals surface area contributed by atoms with Crippen LogP contribution in [0.25, 0.3) is 0 Å². The number of nitrogens with one attached hydrogen (secondary N) is 11. The Bertz CT molecular complexity index is 3490. The van der Waals surface area contributed by atoms with Crippen molar-refractivity contribution >= 4 is 122 Å². The van der Waals surface area contributed by atoms with E-state index in [1.165, 1.54) is 43.9 Å². The predicted molar refractivity (Wildman–Crippen MR) is 403 cm³/mol. The van der Waals surface area contributed by atoms with Crippen LogP contribution in [0, 0.1) is 0 Å². The minimum absolute atomic E-state index is 0.00135. The van der Waals surface area contributed by atoms with Crippen LogP contribution in [0.3, 0.4) is 0 Å². The van der Waals surface area contributed by atoms with Gasteiger partial charge in [0.25, 0.3) is 0 Å². The van der Waals surface area contributed by atoms with E-state index in [0.717, 1.165) is 21.6 Å². The third-order valence-corrected chi connectivity index (χ3v) is 20.1. The molecule has 1 saturated carbocycles. The molecule has 1 aliphatic heterocycles. The van der Waals surface area contributed by atoms with E-state index < -0.39 is 155 Å². The number of carbonyl (C=O) groups excluding carboxylic acids is 10. The maximum Gasteiger partial charge on any atom is 0.326 e. The van der Waals surface area contributed by atoms with Crippen molar-refractivity contribution in [3.05, 3.63) is 48.0 Å². The van der Waals surface area contributed by atoms with Gasteiger partial charge in [-0.05, 0) is 94.7 Å². The van der Waals surface area contributed by atoms with Crippen molar-refractivity contribution in [1.29, 1.82) is 0 Å². The summed E-state index contributed by atoms with van der Waals surface area (Å²) in [6.45, 7) is -1.21. The zero-order valence-corrected chi connectivity index (χ0v) is 61.6. The number of aliphatic imine (C=N–C) groups is 5. The summed E-state index contributed by atoms with van der Waals surface area (Å²) in [5.41, 5.74) is 63.1. The largest absolute Gasteiger partial charge is 0.497 e. The average molecular weight is 1560 g/mol. The lowest BCUT2D eigenvalue weighted by molar-refractivity contribution is -0.142. The van der Waals surface area contributed by atoms with Gasteiger partial charge in [-0.25, -0.2) is 9.78 Å². The number of carbonyl (C=O) groups is 12. The number of imidazole rings is 1. The SMILES string of the molecule is COc1ccc(C[C@@H]2NC(=O)[C@H](CC(=O)O)NC(=O)CNC(=O)[C@H](CCCN=C(N)N)NC(=O)[C@H](Cc3cnc[nH]3)NC(=O)[C@H](CCCN=C(N)N)NC(=O)C(NC(=O)[C@@H](N)CCCN=C(N)N)C3(CCCCC3)SSC[C@@H](C(=O)N[C@@H](CCCN=C(N)N)C(=O)O)NC(=O)[C@H](CCCN=C(N)N)NC2=O)cc1. The van der Waals surface area contributed by atoms with Crippen molar-refractivity contribution in [3.63, 3.8) is 0 Å². The Balaban J connectivity index is 2.04. The number of rotatable bonds is 32. The molecule has 43 nitrogen and oxygen atoms in total. The quantitative estimate of drug-likeness (QED) is 0.0140. The van der Waals surface area contributed by atoms with Crippen LogP contribution in [0.15, 0.2) is 61.8 Å². The molecular weight excluding hydrogens is 1450 g/mol. The second-order valence-corrected chi connectivity index (χ2v) is 28.1. The van der Waals surface area contributed by atoms with Crippen molar-refractivity contribution in [3.8, 4) is 5.75 Å². The van der Waals surface area contributed by atoms with Gasteiger partial charge >= 0.3 is 11.9 Å². The second kappa shape index (κ2) is 46.7. The fourth-order valence-corrected chi connectivity index (χ4v) is 14.7. The minimum atomic E-state index is -1.98. The summed E-state index contributed by atoms with van der Waals surface area (Å²) in [6, 6.07) is -10.2. The molecule has 1 aromatic heterocycles. The van der Waals surface area contributed by atoms with Gasteiger partial charge in [0.05, 0.1) is 37.2 Å². The summed E-state index contributed by atoms with van der Waals surface area (Å²) in [5.74, 6) is -15.0. The van der Waals surface area contributed by atoms with E-state index in [0.29, 0.717) is 30.6 Å². The van der Waals surface area contributed by atoms with E-state index in [2.05, 4.69) is 88.1 Å². The molecule has 2 heterocycles. The minimum Gasteiger partial charge on any atom is -0.497 e. The van der Waals surface area contributed by atoms with Crippen LogP contribution >= 0.6 is 21.6 Å². The third kappa shape index (κ3) is 33.1. The Kier molecular flexibility index (Phi) is 38.6. The highest BCUT2D eigenvalue weighted by atomic mass is 33.1. The molecule has 108 heavy (non-hydrogen) atoms. The highest BCUT2D eigenvalue weighted by molar-refractivity contribution is 8.77. The Labute approximate surface area is 630 Å². The van der Waals surface area contributed by atoms with Gasteiger partial charge in [0, 0.05) is 63.2 Å². The highest BCUT2D eigenvalue weighted by Crippen LogP contribution is 2.48. The van der Waals surface area contributed by atoms with Crippen LogP contribution in [0.1, 0.15) is 114 Å². The van der Waals surface area contributed by atoms with Gasteiger partial charge in [0.15, 0.2) is 29.8 Å². The van der Waals surface area contributed by atoms with Gasteiger partial charge in [-0.15, -0.1) is 0 Å². The van der Waals surface area contributed by atoms with E-state index in [1.54, 1.807) is 0 Å². The van der Waals surface area contributed by atoms with Crippen LogP contribution < -0.4 is 121 Å². The maximum absolute atomic E-state index is 15.7. The number of carboxylic acid groups (broad SMARTS) is 2. The smallest absolute Gasteiger partial charge is 0.326 e. The topological polar surface area (TPSA) is 752 Å². The van der Waals surface area contributed by atoms with Gasteiger partial charge in [-0.3, -0.25) is 77.7 Å². The van der Waals surface area contributed by atoms with Crippen molar-refractivity contribution < 1.29 is 72.5 Å². The lowest BCUT2D eigenvalue weighted by Gasteiger charge is -2.42. The summed E-state index contributed by atoms with van der Waals surface area (Å²) >= 11 is 0. The number of nitrogens with zero attached hydrogens (tertiary/aromatic N) is 6. The van der Waals surface area contributed by atoms with Crippen LogP contribution in [-0.4, -0.2) is 238 Å². The number of nitrogens with two attached hydrogens (primary N) is 11. The maximum atomic E-state index is 15.7. The van der Waals surface area contributed by atoms with E-state index in [-0.39, 0.29) is 158 Å². The molecule has 35 N–H and O–H groups in total. The summed E-state index contributed by atoms with van der Waals surface area (Å²) < 4.78 is 3.91. The number of H-pyrrole nitrogens is 1. The molecule has 4 rings (SSSR count). The molecule has 10 atom stereocenters.